The first kappa shape index (κ1) is 16.8. The van der Waals surface area contributed by atoms with Crippen LogP contribution in [0.5, 0.6) is 0 Å². The van der Waals surface area contributed by atoms with E-state index < -0.39 is 11.5 Å². The van der Waals surface area contributed by atoms with E-state index in [1.165, 1.54) is 4.90 Å². The maximum absolute atomic E-state index is 12.1. The second kappa shape index (κ2) is 8.09. The number of aliphatic carboxylic acids is 1. The van der Waals surface area contributed by atoms with Gasteiger partial charge in [-0.1, -0.05) is 6.92 Å². The lowest BCUT2D eigenvalue weighted by Crippen LogP contribution is -2.55. The quantitative estimate of drug-likeness (QED) is 0.667. The van der Waals surface area contributed by atoms with Gasteiger partial charge in [-0.25, -0.2) is 9.59 Å². The minimum absolute atomic E-state index is 0.251. The zero-order valence-corrected chi connectivity index (χ0v) is 12.5. The molecule has 6 nitrogen and oxygen atoms in total. The summed E-state index contributed by atoms with van der Waals surface area (Å²) in [5.74, 6) is -0.896. The summed E-state index contributed by atoms with van der Waals surface area (Å²) in [7, 11) is 1.67. The summed E-state index contributed by atoms with van der Waals surface area (Å²) in [5, 5.41) is 12.2. The molecular weight excluding hydrogens is 260 g/mol. The molecule has 0 aromatic rings. The SMILES string of the molecule is CCC1(C(=O)O)CCCN1C(=O)NCCCCCOC. The summed E-state index contributed by atoms with van der Waals surface area (Å²) in [6.07, 6.45) is 4.59. The second-order valence-electron chi connectivity index (χ2n) is 5.23. The molecule has 0 bridgehead atoms. The number of unbranched alkanes of at least 4 members (excludes halogenated alkanes) is 2. The lowest BCUT2D eigenvalue weighted by molar-refractivity contribution is -0.148. The number of nitrogens with zero attached hydrogens (tertiary/aromatic N) is 1. The van der Waals surface area contributed by atoms with Crippen molar-refractivity contribution in [1.82, 2.24) is 10.2 Å². The molecule has 6 heteroatoms. The lowest BCUT2D eigenvalue weighted by Gasteiger charge is -2.33. The molecule has 1 heterocycles. The molecule has 1 saturated heterocycles. The fraction of sp³-hybridized carbons (Fsp3) is 0.857. The predicted octanol–water partition coefficient (Wildman–Crippen LogP) is 1.84. The molecule has 20 heavy (non-hydrogen) atoms. The monoisotopic (exact) mass is 286 g/mol. The number of nitrogens with one attached hydrogen (secondary N) is 1. The number of carboxylic acids is 1. The largest absolute Gasteiger partial charge is 0.479 e. The number of likely N-dealkylation sites (tertiary alicyclic amines) is 1. The summed E-state index contributed by atoms with van der Waals surface area (Å²) in [6, 6.07) is -0.251. The molecule has 1 atom stereocenters. The summed E-state index contributed by atoms with van der Waals surface area (Å²) in [6.45, 7) is 3.66. The normalized spacial score (nSPS) is 22.0. The highest BCUT2D eigenvalue weighted by Gasteiger charge is 2.48. The third-order valence-corrected chi connectivity index (χ3v) is 4.02. The first-order valence-corrected chi connectivity index (χ1v) is 7.36. The number of carboxylic acid groups (broad SMARTS) is 1. The number of rotatable bonds is 8. The molecule has 0 aliphatic carbocycles. The molecule has 2 N–H and O–H groups in total. The molecule has 0 aromatic carbocycles. The topological polar surface area (TPSA) is 78.9 Å². The predicted molar refractivity (Wildman–Crippen MR) is 75.7 cm³/mol. The third kappa shape index (κ3) is 3.85. The minimum Gasteiger partial charge on any atom is -0.479 e. The van der Waals surface area contributed by atoms with Gasteiger partial charge in [-0.2, -0.15) is 0 Å². The molecule has 0 spiro atoms. The van der Waals surface area contributed by atoms with E-state index in [1.807, 2.05) is 6.92 Å². The number of methoxy groups -OCH3 is 1. The van der Waals surface area contributed by atoms with Gasteiger partial charge >= 0.3 is 12.0 Å². The fourth-order valence-electron chi connectivity index (χ4n) is 2.75. The minimum atomic E-state index is -1.01. The summed E-state index contributed by atoms with van der Waals surface area (Å²) in [4.78, 5) is 25.1. The summed E-state index contributed by atoms with van der Waals surface area (Å²) < 4.78 is 4.96. The average molecular weight is 286 g/mol. The first-order chi connectivity index (χ1) is 9.58. The van der Waals surface area contributed by atoms with E-state index in [0.29, 0.717) is 25.9 Å². The maximum atomic E-state index is 12.1. The van der Waals surface area contributed by atoms with Crippen LogP contribution in [-0.4, -0.2) is 54.4 Å². The molecule has 1 aliphatic rings. The maximum Gasteiger partial charge on any atom is 0.329 e. The van der Waals surface area contributed by atoms with Crippen LogP contribution in [-0.2, 0) is 9.53 Å². The third-order valence-electron chi connectivity index (χ3n) is 4.02. The highest BCUT2D eigenvalue weighted by molar-refractivity contribution is 5.87. The van der Waals surface area contributed by atoms with Gasteiger partial charge in [-0.3, -0.25) is 0 Å². The van der Waals surface area contributed by atoms with Gasteiger partial charge in [0.2, 0.25) is 0 Å². The number of urea groups is 1. The molecule has 1 fully saturated rings. The first-order valence-electron chi connectivity index (χ1n) is 7.36. The Morgan fingerprint density at radius 1 is 1.35 bits per heavy atom. The number of ether oxygens (including phenoxy) is 1. The summed E-state index contributed by atoms with van der Waals surface area (Å²) in [5.41, 5.74) is -1.01. The van der Waals surface area contributed by atoms with Gasteiger partial charge in [0.1, 0.15) is 5.54 Å². The van der Waals surface area contributed by atoms with E-state index in [0.717, 1.165) is 32.3 Å². The fourth-order valence-corrected chi connectivity index (χ4v) is 2.75. The van der Waals surface area contributed by atoms with Crippen LogP contribution in [0.1, 0.15) is 45.4 Å². The van der Waals surface area contributed by atoms with Crippen molar-refractivity contribution in [2.75, 3.05) is 26.8 Å². The van der Waals surface area contributed by atoms with Gasteiger partial charge in [0.15, 0.2) is 0 Å². The number of amides is 2. The standard InChI is InChI=1S/C14H26N2O4/c1-3-14(12(17)18)8-7-10-16(14)13(19)15-9-5-4-6-11-20-2/h3-11H2,1-2H3,(H,15,19)(H,17,18). The van der Waals surface area contributed by atoms with E-state index in [2.05, 4.69) is 5.32 Å². The van der Waals surface area contributed by atoms with E-state index in [1.54, 1.807) is 7.11 Å². The second-order valence-corrected chi connectivity index (χ2v) is 5.23. The van der Waals surface area contributed by atoms with Gasteiger partial charge < -0.3 is 20.1 Å². The van der Waals surface area contributed by atoms with Crippen LogP contribution in [0.15, 0.2) is 0 Å². The molecule has 1 unspecified atom stereocenters. The Kier molecular flexibility index (Phi) is 6.78. The highest BCUT2D eigenvalue weighted by Crippen LogP contribution is 2.32. The molecule has 1 rings (SSSR count). The van der Waals surface area contributed by atoms with Crippen molar-refractivity contribution in [1.29, 1.82) is 0 Å². The van der Waals surface area contributed by atoms with Crippen molar-refractivity contribution >= 4 is 12.0 Å². The van der Waals surface area contributed by atoms with Gasteiger partial charge in [-0.05, 0) is 38.5 Å². The number of hydrogen-bond acceptors (Lipinski definition) is 3. The number of hydrogen-bond donors (Lipinski definition) is 2. The van der Waals surface area contributed by atoms with E-state index in [4.69, 9.17) is 4.74 Å². The lowest BCUT2D eigenvalue weighted by atomic mass is 9.93. The van der Waals surface area contributed by atoms with Crippen molar-refractivity contribution in [2.24, 2.45) is 0 Å². The van der Waals surface area contributed by atoms with E-state index in [9.17, 15) is 14.7 Å². The molecular formula is C14H26N2O4. The summed E-state index contributed by atoms with van der Waals surface area (Å²) >= 11 is 0. The Hall–Kier alpha value is -1.30. The molecule has 2 amide bonds. The highest BCUT2D eigenvalue weighted by atomic mass is 16.5. The van der Waals surface area contributed by atoms with Gasteiger partial charge in [0.25, 0.3) is 0 Å². The van der Waals surface area contributed by atoms with Crippen molar-refractivity contribution in [3.8, 4) is 0 Å². The Bertz CT molecular complexity index is 335. The van der Waals surface area contributed by atoms with E-state index in [-0.39, 0.29) is 6.03 Å². The van der Waals surface area contributed by atoms with Crippen molar-refractivity contribution in [3.63, 3.8) is 0 Å². The van der Waals surface area contributed by atoms with Crippen molar-refractivity contribution < 1.29 is 19.4 Å². The van der Waals surface area contributed by atoms with Gasteiger partial charge in [0.05, 0.1) is 0 Å². The van der Waals surface area contributed by atoms with Crippen LogP contribution in [0, 0.1) is 0 Å². The zero-order chi connectivity index (χ0) is 15.0. The van der Waals surface area contributed by atoms with Crippen LogP contribution < -0.4 is 5.32 Å². The Balaban J connectivity index is 2.40. The van der Waals surface area contributed by atoms with Gasteiger partial charge in [-0.15, -0.1) is 0 Å². The Labute approximate surface area is 120 Å². The number of carbonyl (C=O) groups excluding carboxylic acids is 1. The van der Waals surface area contributed by atoms with Crippen LogP contribution in [0.3, 0.4) is 0 Å². The van der Waals surface area contributed by atoms with Gasteiger partial charge in [0, 0.05) is 26.8 Å². The van der Waals surface area contributed by atoms with Crippen LogP contribution in [0.2, 0.25) is 0 Å². The number of carbonyl (C=O) groups is 2. The Morgan fingerprint density at radius 3 is 2.70 bits per heavy atom. The van der Waals surface area contributed by atoms with Crippen LogP contribution >= 0.6 is 0 Å². The average Bonchev–Trinajstić information content (AvgIpc) is 2.87. The van der Waals surface area contributed by atoms with Crippen molar-refractivity contribution in [2.45, 2.75) is 51.0 Å². The van der Waals surface area contributed by atoms with E-state index >= 15 is 0 Å². The molecule has 116 valence electrons. The zero-order valence-electron chi connectivity index (χ0n) is 12.5. The van der Waals surface area contributed by atoms with Crippen LogP contribution in [0.25, 0.3) is 0 Å². The van der Waals surface area contributed by atoms with Crippen LogP contribution in [0.4, 0.5) is 4.79 Å². The smallest absolute Gasteiger partial charge is 0.329 e. The van der Waals surface area contributed by atoms with Crippen molar-refractivity contribution in [3.05, 3.63) is 0 Å². The molecule has 0 aromatic heterocycles. The molecule has 1 aliphatic heterocycles. The Morgan fingerprint density at radius 2 is 2.10 bits per heavy atom. The molecule has 0 saturated carbocycles. The molecule has 0 radical (unpaired) electrons.